The summed E-state index contributed by atoms with van der Waals surface area (Å²) in [5.41, 5.74) is -0.366. The summed E-state index contributed by atoms with van der Waals surface area (Å²) in [6.45, 7) is 3.47. The number of nitrogens with zero attached hydrogens (tertiary/aromatic N) is 1. The van der Waals surface area contributed by atoms with Crippen LogP contribution in [0.15, 0.2) is 42.7 Å². The number of hydrogen-bond acceptors (Lipinski definition) is 4. The van der Waals surface area contributed by atoms with Crippen LogP contribution in [0, 0.1) is 0 Å². The minimum absolute atomic E-state index is 0.0597. The molecule has 0 saturated heterocycles. The smallest absolute Gasteiger partial charge is 0.417 e. The molecule has 1 aliphatic rings. The fraction of sp³-hybridized carbons (Fsp3) is 0.238. The maximum absolute atomic E-state index is 13.8. The molecular formula is C21H17F3N2O3. The van der Waals surface area contributed by atoms with E-state index in [1.165, 1.54) is 31.5 Å². The van der Waals surface area contributed by atoms with Crippen molar-refractivity contribution >= 4 is 5.97 Å². The van der Waals surface area contributed by atoms with Crippen LogP contribution < -0.4 is 4.74 Å². The topological polar surface area (TPSA) is 64.2 Å². The van der Waals surface area contributed by atoms with Gasteiger partial charge >= 0.3 is 12.1 Å². The number of alkyl halides is 3. The van der Waals surface area contributed by atoms with Crippen molar-refractivity contribution in [3.63, 3.8) is 0 Å². The van der Waals surface area contributed by atoms with Crippen molar-refractivity contribution in [3.05, 3.63) is 59.5 Å². The van der Waals surface area contributed by atoms with E-state index >= 15 is 0 Å². The van der Waals surface area contributed by atoms with Gasteiger partial charge in [0.15, 0.2) is 0 Å². The van der Waals surface area contributed by atoms with Gasteiger partial charge in [0.2, 0.25) is 0 Å². The molecule has 0 fully saturated rings. The Hall–Kier alpha value is -3.29. The van der Waals surface area contributed by atoms with E-state index in [4.69, 9.17) is 9.47 Å². The van der Waals surface area contributed by atoms with Crippen molar-refractivity contribution in [3.8, 4) is 28.1 Å². The van der Waals surface area contributed by atoms with Gasteiger partial charge in [0.05, 0.1) is 24.6 Å². The normalized spacial score (nSPS) is 14.6. The van der Waals surface area contributed by atoms with Gasteiger partial charge in [-0.25, -0.2) is 4.79 Å². The highest BCUT2D eigenvalue weighted by Gasteiger charge is 2.42. The molecule has 8 heteroatoms. The molecule has 0 aliphatic carbocycles. The van der Waals surface area contributed by atoms with E-state index in [0.29, 0.717) is 22.6 Å². The Bertz CT molecular complexity index is 1120. The first kappa shape index (κ1) is 19.0. The Labute approximate surface area is 164 Å². The summed E-state index contributed by atoms with van der Waals surface area (Å²) in [6, 6.07) is 6.83. The number of carbonyl (C=O) groups is 1. The van der Waals surface area contributed by atoms with Crippen molar-refractivity contribution in [2.45, 2.75) is 25.6 Å². The maximum Gasteiger partial charge on any atom is 0.417 e. The molecule has 0 spiro atoms. The van der Waals surface area contributed by atoms with E-state index in [9.17, 15) is 18.0 Å². The molecule has 1 aromatic carbocycles. The van der Waals surface area contributed by atoms with E-state index in [-0.39, 0.29) is 16.8 Å². The molecule has 0 saturated carbocycles. The summed E-state index contributed by atoms with van der Waals surface area (Å²) in [5.74, 6) is -0.295. The zero-order valence-corrected chi connectivity index (χ0v) is 15.8. The zero-order valence-electron chi connectivity index (χ0n) is 15.8. The van der Waals surface area contributed by atoms with E-state index < -0.39 is 23.3 Å². The molecule has 0 unspecified atom stereocenters. The van der Waals surface area contributed by atoms with Crippen molar-refractivity contribution in [1.29, 1.82) is 0 Å². The fourth-order valence-corrected chi connectivity index (χ4v) is 3.77. The molecule has 4 rings (SSSR count). The summed E-state index contributed by atoms with van der Waals surface area (Å²) in [6.07, 6.45) is -1.52. The van der Waals surface area contributed by atoms with Crippen LogP contribution in [0.3, 0.4) is 0 Å². The highest BCUT2D eigenvalue weighted by atomic mass is 19.4. The summed E-state index contributed by atoms with van der Waals surface area (Å²) in [7, 11) is 1.18. The second-order valence-corrected chi connectivity index (χ2v) is 7.14. The molecule has 1 aliphatic heterocycles. The first-order valence-electron chi connectivity index (χ1n) is 8.80. The number of H-pyrrole nitrogens is 1. The molecule has 150 valence electrons. The monoisotopic (exact) mass is 402 g/mol. The van der Waals surface area contributed by atoms with Gasteiger partial charge in [-0.05, 0) is 31.5 Å². The number of nitrogens with one attached hydrogen (secondary N) is 1. The Morgan fingerprint density at radius 3 is 2.59 bits per heavy atom. The largest absolute Gasteiger partial charge is 0.481 e. The fourth-order valence-electron chi connectivity index (χ4n) is 3.77. The highest BCUT2D eigenvalue weighted by molar-refractivity contribution is 6.01. The SMILES string of the molecule is COC(=O)c1[nH]c2c(c1-c1ccccc1C(F)(F)F)C(C)(C)Oc1cnccc1-2. The third kappa shape index (κ3) is 2.95. The van der Waals surface area contributed by atoms with Crippen molar-refractivity contribution in [2.24, 2.45) is 0 Å². The predicted octanol–water partition coefficient (Wildman–Crippen LogP) is 5.18. The Balaban J connectivity index is 2.13. The van der Waals surface area contributed by atoms with Gasteiger partial charge in [0.1, 0.15) is 17.0 Å². The van der Waals surface area contributed by atoms with E-state index in [0.717, 1.165) is 6.07 Å². The molecule has 0 atom stereocenters. The Morgan fingerprint density at radius 1 is 1.17 bits per heavy atom. The molecular weight excluding hydrogens is 385 g/mol. The number of methoxy groups -OCH3 is 1. The number of hydrogen-bond donors (Lipinski definition) is 1. The quantitative estimate of drug-likeness (QED) is 0.600. The molecule has 3 aromatic rings. The molecule has 0 bridgehead atoms. The van der Waals surface area contributed by atoms with Gasteiger partial charge in [0.25, 0.3) is 0 Å². The summed E-state index contributed by atoms with van der Waals surface area (Å²) >= 11 is 0. The van der Waals surface area contributed by atoms with Gasteiger partial charge < -0.3 is 14.5 Å². The molecule has 29 heavy (non-hydrogen) atoms. The summed E-state index contributed by atoms with van der Waals surface area (Å²) < 4.78 is 52.2. The van der Waals surface area contributed by atoms with Gasteiger partial charge in [-0.3, -0.25) is 4.98 Å². The van der Waals surface area contributed by atoms with E-state index in [1.54, 1.807) is 26.1 Å². The number of esters is 1. The molecule has 3 heterocycles. The number of fused-ring (bicyclic) bond motifs is 3. The minimum atomic E-state index is -4.60. The maximum atomic E-state index is 13.8. The van der Waals surface area contributed by atoms with E-state index in [2.05, 4.69) is 9.97 Å². The van der Waals surface area contributed by atoms with Crippen LogP contribution in [0.1, 0.15) is 35.5 Å². The van der Waals surface area contributed by atoms with Crippen LogP contribution in [-0.4, -0.2) is 23.0 Å². The first-order chi connectivity index (χ1) is 13.6. The first-order valence-corrected chi connectivity index (χ1v) is 8.80. The van der Waals surface area contributed by atoms with Crippen LogP contribution in [0.2, 0.25) is 0 Å². The molecule has 5 nitrogen and oxygen atoms in total. The lowest BCUT2D eigenvalue weighted by atomic mass is 9.84. The standard InChI is InChI=1S/C21H17F3N2O3/c1-20(2)16-15(11-6-4-5-7-13(11)21(22,23)24)18(19(27)28-3)26-17(16)12-8-9-25-10-14(12)29-20/h4-10,26H,1-3H3. The van der Waals surface area contributed by atoms with Crippen LogP contribution in [0.5, 0.6) is 5.75 Å². The molecule has 1 N–H and O–H groups in total. The zero-order chi connectivity index (χ0) is 21.0. The average Bonchev–Trinajstić information content (AvgIpc) is 3.08. The van der Waals surface area contributed by atoms with Gasteiger partial charge in [-0.15, -0.1) is 0 Å². The van der Waals surface area contributed by atoms with Crippen LogP contribution in [0.25, 0.3) is 22.4 Å². The van der Waals surface area contributed by atoms with Crippen LogP contribution >= 0.6 is 0 Å². The highest BCUT2D eigenvalue weighted by Crippen LogP contribution is 2.51. The van der Waals surface area contributed by atoms with Crippen molar-refractivity contribution in [1.82, 2.24) is 9.97 Å². The second-order valence-electron chi connectivity index (χ2n) is 7.14. The minimum Gasteiger partial charge on any atom is -0.481 e. The van der Waals surface area contributed by atoms with Crippen LogP contribution in [-0.2, 0) is 16.5 Å². The lowest BCUT2D eigenvalue weighted by molar-refractivity contribution is -0.137. The number of aromatic amines is 1. The number of aromatic nitrogens is 2. The predicted molar refractivity (Wildman–Crippen MR) is 99.5 cm³/mol. The average molecular weight is 402 g/mol. The Kier molecular flexibility index (Phi) is 4.18. The van der Waals surface area contributed by atoms with Gasteiger partial charge in [0, 0.05) is 22.9 Å². The number of halogens is 3. The lowest BCUT2D eigenvalue weighted by Crippen LogP contribution is -2.29. The number of benzene rings is 1. The van der Waals surface area contributed by atoms with Gasteiger partial charge in [-0.1, -0.05) is 18.2 Å². The molecule has 0 amide bonds. The van der Waals surface area contributed by atoms with Crippen molar-refractivity contribution < 1.29 is 27.4 Å². The number of rotatable bonds is 2. The van der Waals surface area contributed by atoms with E-state index in [1.807, 2.05) is 0 Å². The van der Waals surface area contributed by atoms with Crippen molar-refractivity contribution in [2.75, 3.05) is 7.11 Å². The number of pyridine rings is 1. The number of ether oxygens (including phenoxy) is 2. The Morgan fingerprint density at radius 2 is 1.90 bits per heavy atom. The molecule has 0 radical (unpaired) electrons. The molecule has 2 aromatic heterocycles. The second kappa shape index (κ2) is 6.37. The van der Waals surface area contributed by atoms with Crippen LogP contribution in [0.4, 0.5) is 13.2 Å². The number of carbonyl (C=O) groups excluding carboxylic acids is 1. The third-order valence-electron chi connectivity index (χ3n) is 4.91. The third-order valence-corrected chi connectivity index (χ3v) is 4.91. The summed E-state index contributed by atoms with van der Waals surface area (Å²) in [5, 5.41) is 0. The van der Waals surface area contributed by atoms with Gasteiger partial charge in [-0.2, -0.15) is 13.2 Å². The lowest BCUT2D eigenvalue weighted by Gasteiger charge is -2.33. The summed E-state index contributed by atoms with van der Waals surface area (Å²) in [4.78, 5) is 19.6.